The Morgan fingerprint density at radius 3 is 2.71 bits per heavy atom. The van der Waals surface area contributed by atoms with E-state index in [4.69, 9.17) is 0 Å². The lowest BCUT2D eigenvalue weighted by Crippen LogP contribution is -2.12. The van der Waals surface area contributed by atoms with E-state index in [0.29, 0.717) is 0 Å². The Balaban J connectivity index is 2.52. The number of ketones is 1. The second-order valence-corrected chi connectivity index (χ2v) is 5.10. The number of hydrogen-bond donors (Lipinski definition) is 1. The maximum Gasteiger partial charge on any atom is 0.168 e. The van der Waals surface area contributed by atoms with Crippen molar-refractivity contribution in [1.29, 1.82) is 0 Å². The summed E-state index contributed by atoms with van der Waals surface area (Å²) < 4.78 is 0.977. The van der Waals surface area contributed by atoms with Crippen molar-refractivity contribution in [2.75, 3.05) is 0 Å². The molecule has 0 aliphatic carbocycles. The number of rotatable bonds is 4. The lowest BCUT2D eigenvalue weighted by atomic mass is 9.93. The molecule has 0 spiro atoms. The maximum absolute atomic E-state index is 12.4. The fourth-order valence-electron chi connectivity index (χ4n) is 2.21. The molecule has 1 aromatic carbocycles. The normalized spacial score (nSPS) is 11.3. The van der Waals surface area contributed by atoms with Crippen LogP contribution in [0, 0.1) is 5.92 Å². The van der Waals surface area contributed by atoms with Gasteiger partial charge in [-0.3, -0.25) is 4.79 Å². The molecule has 17 heavy (non-hydrogen) atoms. The highest BCUT2D eigenvalue weighted by molar-refractivity contribution is 9.10. The predicted octanol–water partition coefficient (Wildman–Crippen LogP) is 4.55. The summed E-state index contributed by atoms with van der Waals surface area (Å²) in [6, 6.07) is 5.93. The van der Waals surface area contributed by atoms with Gasteiger partial charge in [0.2, 0.25) is 0 Å². The second kappa shape index (κ2) is 5.05. The van der Waals surface area contributed by atoms with Crippen LogP contribution in [0.2, 0.25) is 0 Å². The molecule has 90 valence electrons. The Morgan fingerprint density at radius 2 is 2.06 bits per heavy atom. The van der Waals surface area contributed by atoms with E-state index in [9.17, 15) is 4.79 Å². The fourth-order valence-corrected chi connectivity index (χ4v) is 2.79. The number of aromatic amines is 1. The molecular formula is C14H16BrNO. The summed E-state index contributed by atoms with van der Waals surface area (Å²) in [5.41, 5.74) is 1.81. The molecule has 2 nitrogen and oxygen atoms in total. The van der Waals surface area contributed by atoms with E-state index in [-0.39, 0.29) is 11.7 Å². The van der Waals surface area contributed by atoms with Crippen molar-refractivity contribution in [3.05, 3.63) is 34.4 Å². The van der Waals surface area contributed by atoms with Crippen LogP contribution in [0.15, 0.2) is 28.9 Å². The van der Waals surface area contributed by atoms with Crippen molar-refractivity contribution in [3.8, 4) is 0 Å². The highest BCUT2D eigenvalue weighted by Crippen LogP contribution is 2.29. The van der Waals surface area contributed by atoms with Gasteiger partial charge >= 0.3 is 0 Å². The van der Waals surface area contributed by atoms with Gasteiger partial charge in [-0.15, -0.1) is 0 Å². The summed E-state index contributed by atoms with van der Waals surface area (Å²) in [7, 11) is 0. The molecule has 0 radical (unpaired) electrons. The molecule has 0 fully saturated rings. The fraction of sp³-hybridized carbons (Fsp3) is 0.357. The van der Waals surface area contributed by atoms with E-state index in [1.807, 2.05) is 24.4 Å². The minimum Gasteiger partial charge on any atom is -0.360 e. The highest BCUT2D eigenvalue weighted by Gasteiger charge is 2.20. The Hall–Kier alpha value is -1.09. The van der Waals surface area contributed by atoms with Crippen LogP contribution in [0.4, 0.5) is 0 Å². The van der Waals surface area contributed by atoms with Crippen LogP contribution in [0.3, 0.4) is 0 Å². The van der Waals surface area contributed by atoms with Gasteiger partial charge in [0.05, 0.1) is 0 Å². The van der Waals surface area contributed by atoms with Crippen molar-refractivity contribution in [1.82, 2.24) is 4.98 Å². The molecule has 0 aliphatic rings. The van der Waals surface area contributed by atoms with E-state index in [1.54, 1.807) is 0 Å². The van der Waals surface area contributed by atoms with Crippen molar-refractivity contribution in [2.24, 2.45) is 5.92 Å². The molecule has 0 saturated carbocycles. The van der Waals surface area contributed by atoms with Crippen molar-refractivity contribution < 1.29 is 4.79 Å². The van der Waals surface area contributed by atoms with Gasteiger partial charge in [-0.05, 0) is 25.0 Å². The summed E-state index contributed by atoms with van der Waals surface area (Å²) in [5, 5.41) is 1.00. The van der Waals surface area contributed by atoms with Gasteiger partial charge in [-0.2, -0.15) is 0 Å². The van der Waals surface area contributed by atoms with Crippen LogP contribution in [0.1, 0.15) is 37.0 Å². The Bertz CT molecular complexity index is 540. The van der Waals surface area contributed by atoms with Crippen LogP contribution in [0.25, 0.3) is 10.9 Å². The number of Topliss-reactive ketones (excluding diaryl/α,β-unsaturated/α-hetero) is 1. The van der Waals surface area contributed by atoms with Crippen molar-refractivity contribution in [2.45, 2.75) is 26.7 Å². The van der Waals surface area contributed by atoms with Crippen molar-refractivity contribution >= 4 is 32.6 Å². The summed E-state index contributed by atoms with van der Waals surface area (Å²) in [5.74, 6) is 0.370. The first kappa shape index (κ1) is 12.4. The highest BCUT2D eigenvalue weighted by atomic mass is 79.9. The summed E-state index contributed by atoms with van der Waals surface area (Å²) >= 11 is 3.52. The predicted molar refractivity (Wildman–Crippen MR) is 74.4 cm³/mol. The molecular weight excluding hydrogens is 278 g/mol. The largest absolute Gasteiger partial charge is 0.360 e. The van der Waals surface area contributed by atoms with Gasteiger partial charge < -0.3 is 4.98 Å². The number of hydrogen-bond acceptors (Lipinski definition) is 1. The second-order valence-electron chi connectivity index (χ2n) is 4.24. The van der Waals surface area contributed by atoms with Crippen LogP contribution >= 0.6 is 15.9 Å². The maximum atomic E-state index is 12.4. The van der Waals surface area contributed by atoms with E-state index in [1.165, 1.54) is 0 Å². The minimum atomic E-state index is 0.126. The van der Waals surface area contributed by atoms with E-state index in [2.05, 4.69) is 34.8 Å². The molecule has 2 rings (SSSR count). The number of nitrogens with one attached hydrogen (secondary N) is 1. The Labute approximate surface area is 110 Å². The lowest BCUT2D eigenvalue weighted by molar-refractivity contribution is 0.0915. The molecule has 0 amide bonds. The first-order valence-electron chi connectivity index (χ1n) is 5.98. The molecule has 0 saturated heterocycles. The molecule has 1 heterocycles. The van der Waals surface area contributed by atoms with Gasteiger partial charge in [-0.25, -0.2) is 0 Å². The number of H-pyrrole nitrogens is 1. The lowest BCUT2D eigenvalue weighted by Gasteiger charge is -2.10. The van der Waals surface area contributed by atoms with Crippen LogP contribution in [0.5, 0.6) is 0 Å². The molecule has 3 heteroatoms. The SMILES string of the molecule is CCC(CC)C(=O)c1c[nH]c2cccc(Br)c12. The zero-order chi connectivity index (χ0) is 12.4. The first-order valence-corrected chi connectivity index (χ1v) is 6.78. The van der Waals surface area contributed by atoms with Crippen molar-refractivity contribution in [3.63, 3.8) is 0 Å². The number of aromatic nitrogens is 1. The van der Waals surface area contributed by atoms with Crippen LogP contribution in [-0.4, -0.2) is 10.8 Å². The molecule has 0 bridgehead atoms. The summed E-state index contributed by atoms with van der Waals surface area (Å²) in [6.07, 6.45) is 3.62. The monoisotopic (exact) mass is 293 g/mol. The topological polar surface area (TPSA) is 32.9 Å². The zero-order valence-electron chi connectivity index (χ0n) is 10.1. The van der Waals surface area contributed by atoms with Crippen LogP contribution in [-0.2, 0) is 0 Å². The van der Waals surface area contributed by atoms with Gasteiger partial charge in [0.15, 0.2) is 5.78 Å². The summed E-state index contributed by atoms with van der Waals surface area (Å²) in [4.78, 5) is 15.6. The quantitative estimate of drug-likeness (QED) is 0.824. The minimum absolute atomic E-state index is 0.126. The third-order valence-electron chi connectivity index (χ3n) is 3.28. The number of carbonyl (C=O) groups excluding carboxylic acids is 1. The third-order valence-corrected chi connectivity index (χ3v) is 3.94. The number of fused-ring (bicyclic) bond motifs is 1. The standard InChI is InChI=1S/C14H16BrNO/c1-3-9(4-2)14(17)10-8-16-12-7-5-6-11(15)13(10)12/h5-9,16H,3-4H2,1-2H3. The van der Waals surface area contributed by atoms with Crippen LogP contribution < -0.4 is 0 Å². The molecule has 0 unspecified atom stereocenters. The van der Waals surface area contributed by atoms with Gasteiger partial charge in [0.25, 0.3) is 0 Å². The van der Waals surface area contributed by atoms with Gasteiger partial charge in [0, 0.05) is 33.1 Å². The average molecular weight is 294 g/mol. The van der Waals surface area contributed by atoms with E-state index < -0.39 is 0 Å². The van der Waals surface area contributed by atoms with Gasteiger partial charge in [-0.1, -0.05) is 35.8 Å². The molecule has 0 aliphatic heterocycles. The first-order chi connectivity index (χ1) is 8.19. The smallest absolute Gasteiger partial charge is 0.168 e. The third kappa shape index (κ3) is 2.16. The molecule has 1 aromatic heterocycles. The Kier molecular flexibility index (Phi) is 3.67. The van der Waals surface area contributed by atoms with Gasteiger partial charge in [0.1, 0.15) is 0 Å². The number of halogens is 1. The summed E-state index contributed by atoms with van der Waals surface area (Å²) in [6.45, 7) is 4.13. The Morgan fingerprint density at radius 1 is 1.35 bits per heavy atom. The zero-order valence-corrected chi connectivity index (χ0v) is 11.7. The number of benzene rings is 1. The van der Waals surface area contributed by atoms with E-state index in [0.717, 1.165) is 33.8 Å². The number of carbonyl (C=O) groups is 1. The molecule has 1 N–H and O–H groups in total. The average Bonchev–Trinajstić information content (AvgIpc) is 2.75. The molecule has 2 aromatic rings. The van der Waals surface area contributed by atoms with E-state index >= 15 is 0 Å². The molecule has 0 atom stereocenters.